The molecular formula is C10H15BrN2S. The van der Waals surface area contributed by atoms with E-state index < -0.39 is 0 Å². The summed E-state index contributed by atoms with van der Waals surface area (Å²) in [5.74, 6) is 0. The van der Waals surface area contributed by atoms with E-state index in [4.69, 9.17) is 0 Å². The Bertz CT molecular complexity index is 294. The number of hydrogen-bond donors (Lipinski definition) is 0. The molecule has 14 heavy (non-hydrogen) atoms. The molecule has 0 radical (unpaired) electrons. The second-order valence-corrected chi connectivity index (χ2v) is 5.50. The highest BCUT2D eigenvalue weighted by Crippen LogP contribution is 2.29. The van der Waals surface area contributed by atoms with Crippen LogP contribution < -0.4 is 4.90 Å². The lowest BCUT2D eigenvalue weighted by molar-refractivity contribution is 0.427. The Kier molecular flexibility index (Phi) is 3.44. The molecule has 1 aliphatic rings. The summed E-state index contributed by atoms with van der Waals surface area (Å²) in [5.41, 5.74) is 0. The molecular weight excluding hydrogens is 260 g/mol. The molecule has 1 saturated carbocycles. The van der Waals surface area contributed by atoms with Gasteiger partial charge in [-0.15, -0.1) is 11.3 Å². The third-order valence-corrected chi connectivity index (χ3v) is 4.53. The van der Waals surface area contributed by atoms with Crippen molar-refractivity contribution >= 4 is 32.4 Å². The predicted molar refractivity (Wildman–Crippen MR) is 65.1 cm³/mol. The summed E-state index contributed by atoms with van der Waals surface area (Å²) in [4.78, 5) is 6.79. The molecule has 1 aromatic heterocycles. The van der Waals surface area contributed by atoms with Crippen molar-refractivity contribution in [2.75, 3.05) is 11.9 Å². The Morgan fingerprint density at radius 1 is 1.43 bits per heavy atom. The average Bonchev–Trinajstić information content (AvgIpc) is 2.65. The van der Waals surface area contributed by atoms with Crippen LogP contribution in [-0.4, -0.2) is 18.1 Å². The molecule has 0 aliphatic heterocycles. The van der Waals surface area contributed by atoms with E-state index in [1.165, 1.54) is 32.1 Å². The molecule has 0 bridgehead atoms. The van der Waals surface area contributed by atoms with Crippen LogP contribution in [0.25, 0.3) is 0 Å². The molecule has 2 rings (SSSR count). The summed E-state index contributed by atoms with van der Waals surface area (Å²) in [6.07, 6.45) is 6.82. The van der Waals surface area contributed by atoms with Crippen LogP contribution in [0.3, 0.4) is 0 Å². The van der Waals surface area contributed by atoms with E-state index in [0.717, 1.165) is 9.73 Å². The number of anilines is 1. The average molecular weight is 275 g/mol. The quantitative estimate of drug-likeness (QED) is 0.818. The summed E-state index contributed by atoms with van der Waals surface area (Å²) in [6, 6.07) is 0.710. The van der Waals surface area contributed by atoms with Gasteiger partial charge in [0.1, 0.15) is 4.60 Å². The van der Waals surface area contributed by atoms with Crippen LogP contribution in [0.1, 0.15) is 32.1 Å². The Morgan fingerprint density at radius 3 is 2.71 bits per heavy atom. The van der Waals surface area contributed by atoms with Gasteiger partial charge in [-0.05, 0) is 28.8 Å². The van der Waals surface area contributed by atoms with Gasteiger partial charge in [0, 0.05) is 18.5 Å². The van der Waals surface area contributed by atoms with Crippen molar-refractivity contribution in [3.05, 3.63) is 9.98 Å². The zero-order chi connectivity index (χ0) is 9.97. The third kappa shape index (κ3) is 2.28. The third-order valence-electron chi connectivity index (χ3n) is 2.89. The Balaban J connectivity index is 2.03. The SMILES string of the molecule is CN(c1nc(Br)cs1)C1CCCCC1. The van der Waals surface area contributed by atoms with Crippen LogP contribution in [0, 0.1) is 0 Å². The molecule has 0 aromatic carbocycles. The summed E-state index contributed by atoms with van der Waals surface area (Å²) in [6.45, 7) is 0. The van der Waals surface area contributed by atoms with Gasteiger partial charge >= 0.3 is 0 Å². The van der Waals surface area contributed by atoms with Gasteiger partial charge in [0.2, 0.25) is 0 Å². The topological polar surface area (TPSA) is 16.1 Å². The largest absolute Gasteiger partial charge is 0.348 e. The zero-order valence-corrected chi connectivity index (χ0v) is 10.8. The number of thiazole rings is 1. The number of aromatic nitrogens is 1. The fourth-order valence-corrected chi connectivity index (χ4v) is 3.32. The molecule has 4 heteroatoms. The van der Waals surface area contributed by atoms with Crippen LogP contribution in [0.2, 0.25) is 0 Å². The van der Waals surface area contributed by atoms with Crippen molar-refractivity contribution in [1.29, 1.82) is 0 Å². The fraction of sp³-hybridized carbons (Fsp3) is 0.700. The molecule has 78 valence electrons. The molecule has 2 nitrogen and oxygen atoms in total. The molecule has 0 unspecified atom stereocenters. The van der Waals surface area contributed by atoms with E-state index in [1.807, 2.05) is 0 Å². The van der Waals surface area contributed by atoms with Gasteiger partial charge in [0.25, 0.3) is 0 Å². The molecule has 0 amide bonds. The molecule has 0 N–H and O–H groups in total. The van der Waals surface area contributed by atoms with E-state index in [9.17, 15) is 0 Å². The van der Waals surface area contributed by atoms with E-state index >= 15 is 0 Å². The highest BCUT2D eigenvalue weighted by Gasteiger charge is 2.19. The molecule has 1 heterocycles. The maximum atomic E-state index is 4.45. The van der Waals surface area contributed by atoms with Crippen LogP contribution in [0.4, 0.5) is 5.13 Å². The first kappa shape index (κ1) is 10.4. The molecule has 0 atom stereocenters. The first-order valence-corrected chi connectivity index (χ1v) is 6.78. The van der Waals surface area contributed by atoms with E-state index in [0.29, 0.717) is 6.04 Å². The highest BCUT2D eigenvalue weighted by molar-refractivity contribution is 9.10. The first-order valence-electron chi connectivity index (χ1n) is 5.11. The lowest BCUT2D eigenvalue weighted by Crippen LogP contribution is -2.33. The monoisotopic (exact) mass is 274 g/mol. The van der Waals surface area contributed by atoms with Crippen LogP contribution >= 0.6 is 27.3 Å². The van der Waals surface area contributed by atoms with Gasteiger partial charge in [-0.2, -0.15) is 0 Å². The first-order chi connectivity index (χ1) is 6.77. The minimum absolute atomic E-state index is 0.710. The van der Waals surface area contributed by atoms with Crippen molar-refractivity contribution in [1.82, 2.24) is 4.98 Å². The van der Waals surface area contributed by atoms with E-state index in [2.05, 4.69) is 38.2 Å². The lowest BCUT2D eigenvalue weighted by Gasteiger charge is -2.30. The number of halogens is 1. The second kappa shape index (κ2) is 4.62. The molecule has 1 aliphatic carbocycles. The smallest absolute Gasteiger partial charge is 0.186 e. The Hall–Kier alpha value is -0.0900. The van der Waals surface area contributed by atoms with Gasteiger partial charge < -0.3 is 4.90 Å². The number of nitrogens with zero attached hydrogens (tertiary/aromatic N) is 2. The summed E-state index contributed by atoms with van der Waals surface area (Å²) in [5, 5.41) is 3.19. The molecule has 0 saturated heterocycles. The minimum Gasteiger partial charge on any atom is -0.348 e. The van der Waals surface area contributed by atoms with Gasteiger partial charge in [-0.25, -0.2) is 4.98 Å². The molecule has 1 fully saturated rings. The van der Waals surface area contributed by atoms with E-state index in [1.54, 1.807) is 11.3 Å². The maximum absolute atomic E-state index is 4.45. The Labute approximate surface area is 97.5 Å². The predicted octanol–water partition coefficient (Wildman–Crippen LogP) is 3.67. The van der Waals surface area contributed by atoms with Crippen LogP contribution in [0.5, 0.6) is 0 Å². The second-order valence-electron chi connectivity index (χ2n) is 3.86. The standard InChI is InChI=1S/C10H15BrN2S/c1-13(8-5-3-2-4-6-8)10-12-9(11)7-14-10/h7-8H,2-6H2,1H3. The minimum atomic E-state index is 0.710. The van der Waals surface area contributed by atoms with Crippen LogP contribution in [0.15, 0.2) is 9.98 Å². The number of hydrogen-bond acceptors (Lipinski definition) is 3. The van der Waals surface area contributed by atoms with Crippen molar-refractivity contribution < 1.29 is 0 Å². The van der Waals surface area contributed by atoms with Crippen molar-refractivity contribution in [3.8, 4) is 0 Å². The maximum Gasteiger partial charge on any atom is 0.186 e. The lowest BCUT2D eigenvalue weighted by atomic mass is 9.95. The normalized spacial score (nSPS) is 18.4. The highest BCUT2D eigenvalue weighted by atomic mass is 79.9. The number of rotatable bonds is 2. The molecule has 0 spiro atoms. The van der Waals surface area contributed by atoms with Crippen molar-refractivity contribution in [2.45, 2.75) is 38.1 Å². The fourth-order valence-electron chi connectivity index (χ4n) is 2.03. The van der Waals surface area contributed by atoms with Crippen molar-refractivity contribution in [3.63, 3.8) is 0 Å². The van der Waals surface area contributed by atoms with Gasteiger partial charge in [-0.3, -0.25) is 0 Å². The summed E-state index contributed by atoms with van der Waals surface area (Å²) in [7, 11) is 2.17. The van der Waals surface area contributed by atoms with Gasteiger partial charge in [0.05, 0.1) is 0 Å². The summed E-state index contributed by atoms with van der Waals surface area (Å²) < 4.78 is 0.958. The van der Waals surface area contributed by atoms with Gasteiger partial charge in [0.15, 0.2) is 5.13 Å². The molecule has 1 aromatic rings. The Morgan fingerprint density at radius 2 is 2.14 bits per heavy atom. The van der Waals surface area contributed by atoms with Crippen LogP contribution in [-0.2, 0) is 0 Å². The zero-order valence-electron chi connectivity index (χ0n) is 8.37. The summed E-state index contributed by atoms with van der Waals surface area (Å²) >= 11 is 5.12. The van der Waals surface area contributed by atoms with E-state index in [-0.39, 0.29) is 0 Å². The van der Waals surface area contributed by atoms with Crippen molar-refractivity contribution in [2.24, 2.45) is 0 Å². The van der Waals surface area contributed by atoms with Gasteiger partial charge in [-0.1, -0.05) is 19.3 Å².